The molecule has 0 unspecified atom stereocenters. The lowest BCUT2D eigenvalue weighted by Gasteiger charge is -2.27. The number of aromatic nitrogens is 2. The van der Waals surface area contributed by atoms with E-state index in [0.29, 0.717) is 22.7 Å². The molecule has 5 rings (SSSR count). The minimum absolute atomic E-state index is 0.217. The molecule has 152 valence electrons. The van der Waals surface area contributed by atoms with E-state index >= 15 is 0 Å². The van der Waals surface area contributed by atoms with Gasteiger partial charge in [-0.05, 0) is 49.8 Å². The summed E-state index contributed by atoms with van der Waals surface area (Å²) < 4.78 is 10.7. The van der Waals surface area contributed by atoms with Gasteiger partial charge in [0.2, 0.25) is 0 Å². The molecule has 3 aliphatic rings. The molecule has 0 saturated carbocycles. The van der Waals surface area contributed by atoms with Crippen molar-refractivity contribution in [1.82, 2.24) is 20.5 Å². The smallest absolute Gasteiger partial charge is 0.273 e. The number of morpholine rings is 1. The van der Waals surface area contributed by atoms with Crippen LogP contribution in [-0.2, 0) is 28.9 Å². The summed E-state index contributed by atoms with van der Waals surface area (Å²) >= 11 is 0. The maximum absolute atomic E-state index is 12.5. The average Bonchev–Trinajstić information content (AvgIpc) is 3.42. The van der Waals surface area contributed by atoms with Crippen LogP contribution in [0, 0.1) is 6.92 Å². The third-order valence-electron chi connectivity index (χ3n) is 5.86. The highest BCUT2D eigenvalue weighted by molar-refractivity contribution is 6.32. The van der Waals surface area contributed by atoms with Gasteiger partial charge in [-0.15, -0.1) is 0 Å². The second kappa shape index (κ2) is 7.61. The Hall–Kier alpha value is -2.71. The van der Waals surface area contributed by atoms with Crippen molar-refractivity contribution in [2.24, 2.45) is 5.10 Å². The van der Waals surface area contributed by atoms with E-state index in [9.17, 15) is 4.79 Å². The van der Waals surface area contributed by atoms with Gasteiger partial charge in [0.1, 0.15) is 17.2 Å². The van der Waals surface area contributed by atoms with Crippen LogP contribution in [0.5, 0.6) is 0 Å². The molecule has 1 amide bonds. The Morgan fingerprint density at radius 1 is 1.24 bits per heavy atom. The molecule has 1 aliphatic carbocycles. The van der Waals surface area contributed by atoms with Crippen molar-refractivity contribution < 1.29 is 14.1 Å². The largest absolute Gasteiger partial charge is 0.379 e. The summed E-state index contributed by atoms with van der Waals surface area (Å²) in [4.78, 5) is 18.5. The van der Waals surface area contributed by atoms with E-state index in [1.807, 2.05) is 13.0 Å². The second-order valence-electron chi connectivity index (χ2n) is 7.85. The van der Waals surface area contributed by atoms with Gasteiger partial charge in [0.25, 0.3) is 5.91 Å². The second-order valence-corrected chi connectivity index (χ2v) is 7.85. The molecule has 0 aromatic carbocycles. The highest BCUT2D eigenvalue weighted by atomic mass is 16.5. The number of hydrogen-bond acceptors (Lipinski definition) is 6. The van der Waals surface area contributed by atoms with Gasteiger partial charge in [0.05, 0.1) is 18.8 Å². The third kappa shape index (κ3) is 3.54. The van der Waals surface area contributed by atoms with Crippen molar-refractivity contribution in [2.75, 3.05) is 26.3 Å². The Balaban J connectivity index is 1.53. The Morgan fingerprint density at radius 3 is 2.86 bits per heavy atom. The lowest BCUT2D eigenvalue weighted by atomic mass is 9.93. The minimum atomic E-state index is -0.217. The van der Waals surface area contributed by atoms with Gasteiger partial charge in [-0.2, -0.15) is 5.10 Å². The van der Waals surface area contributed by atoms with Gasteiger partial charge in [-0.25, -0.2) is 5.43 Å². The Labute approximate surface area is 169 Å². The number of aromatic amines is 1. The summed E-state index contributed by atoms with van der Waals surface area (Å²) in [7, 11) is 0. The van der Waals surface area contributed by atoms with Crippen LogP contribution >= 0.6 is 0 Å². The molecule has 2 aliphatic heterocycles. The van der Waals surface area contributed by atoms with E-state index in [1.54, 1.807) is 6.07 Å². The zero-order chi connectivity index (χ0) is 19.8. The fourth-order valence-electron chi connectivity index (χ4n) is 4.35. The van der Waals surface area contributed by atoms with Gasteiger partial charge in [0.15, 0.2) is 0 Å². The quantitative estimate of drug-likeness (QED) is 0.772. The number of ether oxygens (including phenoxy) is 1. The van der Waals surface area contributed by atoms with Crippen molar-refractivity contribution in [3.05, 3.63) is 45.6 Å². The van der Waals surface area contributed by atoms with E-state index in [-0.39, 0.29) is 5.91 Å². The molecule has 0 atom stereocenters. The molecule has 8 nitrogen and oxygen atoms in total. The predicted octanol–water partition coefficient (Wildman–Crippen LogP) is 1.94. The molecule has 0 bridgehead atoms. The average molecular weight is 395 g/mol. The number of carbonyl (C=O) groups is 1. The number of nitrogens with one attached hydrogen (secondary N) is 2. The van der Waals surface area contributed by atoms with Crippen LogP contribution in [0.25, 0.3) is 6.08 Å². The number of H-pyrrole nitrogens is 1. The Kier molecular flexibility index (Phi) is 4.81. The maximum atomic E-state index is 12.5. The van der Waals surface area contributed by atoms with Gasteiger partial charge < -0.3 is 14.2 Å². The summed E-state index contributed by atoms with van der Waals surface area (Å²) in [5.41, 5.74) is 9.20. The first kappa shape index (κ1) is 18.3. The highest BCUT2D eigenvalue weighted by Crippen LogP contribution is 2.30. The summed E-state index contributed by atoms with van der Waals surface area (Å²) in [6, 6.07) is 1.79. The van der Waals surface area contributed by atoms with Crippen LogP contribution < -0.4 is 5.43 Å². The first-order valence-corrected chi connectivity index (χ1v) is 10.3. The lowest BCUT2D eigenvalue weighted by molar-refractivity contribution is -0.116. The first-order valence-electron chi connectivity index (χ1n) is 10.3. The zero-order valence-corrected chi connectivity index (χ0v) is 16.6. The molecule has 4 heterocycles. The molecule has 1 saturated heterocycles. The maximum Gasteiger partial charge on any atom is 0.273 e. The third-order valence-corrected chi connectivity index (χ3v) is 5.86. The number of rotatable bonds is 4. The van der Waals surface area contributed by atoms with Crippen LogP contribution in [-0.4, -0.2) is 53.0 Å². The molecule has 0 spiro atoms. The molecule has 29 heavy (non-hydrogen) atoms. The highest BCUT2D eigenvalue weighted by Gasteiger charge is 2.28. The van der Waals surface area contributed by atoms with Gasteiger partial charge in [-0.3, -0.25) is 9.69 Å². The normalized spacial score (nSPS) is 21.3. The summed E-state index contributed by atoms with van der Waals surface area (Å²) in [5.74, 6) is 0.468. The monoisotopic (exact) mass is 395 g/mol. The molecular formula is C21H25N5O3. The number of nitrogens with zero attached hydrogens (tertiary/aromatic N) is 3. The van der Waals surface area contributed by atoms with Crippen molar-refractivity contribution in [3.63, 3.8) is 0 Å². The fourth-order valence-corrected chi connectivity index (χ4v) is 4.35. The summed E-state index contributed by atoms with van der Waals surface area (Å²) in [6.07, 6.45) is 6.49. The lowest BCUT2D eigenvalue weighted by Crippen LogP contribution is -2.36. The number of carbonyl (C=O) groups excluding carboxylic acids is 1. The molecule has 2 N–H and O–H groups in total. The SMILES string of the molecule is Cc1cc(C2=NNC(=O)C2=Cc2[nH]c3c(c2CN2CCOCC2)CCCC3)no1. The molecule has 0 radical (unpaired) electrons. The first-order chi connectivity index (χ1) is 14.2. The van der Waals surface area contributed by atoms with Crippen LogP contribution in [0.4, 0.5) is 0 Å². The molecule has 1 fully saturated rings. The standard InChI is InChI=1S/C21H25N5O3/c1-13-10-19(25-29-13)20-15(21(27)24-23-20)11-18-16(12-26-6-8-28-9-7-26)14-4-2-3-5-17(14)22-18/h10-11,22H,2-9,12H2,1H3,(H,24,27). The summed E-state index contributed by atoms with van der Waals surface area (Å²) in [5, 5.41) is 8.22. The van der Waals surface area contributed by atoms with Crippen molar-refractivity contribution in [3.8, 4) is 0 Å². The van der Waals surface area contributed by atoms with E-state index in [0.717, 1.165) is 51.4 Å². The van der Waals surface area contributed by atoms with Crippen molar-refractivity contribution in [1.29, 1.82) is 0 Å². The van der Waals surface area contributed by atoms with Crippen LogP contribution in [0.2, 0.25) is 0 Å². The number of amides is 1. The molecular weight excluding hydrogens is 370 g/mol. The van der Waals surface area contributed by atoms with Gasteiger partial charge in [-0.1, -0.05) is 5.16 Å². The summed E-state index contributed by atoms with van der Waals surface area (Å²) in [6.45, 7) is 6.10. The predicted molar refractivity (Wildman–Crippen MR) is 107 cm³/mol. The zero-order valence-electron chi connectivity index (χ0n) is 16.6. The number of hydrazone groups is 1. The minimum Gasteiger partial charge on any atom is -0.379 e. The molecule has 2 aromatic rings. The van der Waals surface area contributed by atoms with Gasteiger partial charge in [0, 0.05) is 37.1 Å². The topological polar surface area (TPSA) is 95.8 Å². The van der Waals surface area contributed by atoms with E-state index in [2.05, 4.69) is 25.6 Å². The molecule has 8 heteroatoms. The van der Waals surface area contributed by atoms with Crippen molar-refractivity contribution >= 4 is 17.7 Å². The van der Waals surface area contributed by atoms with E-state index in [4.69, 9.17) is 9.26 Å². The van der Waals surface area contributed by atoms with Crippen LogP contribution in [0.15, 0.2) is 21.3 Å². The number of aryl methyl sites for hydroxylation is 2. The van der Waals surface area contributed by atoms with E-state index in [1.165, 1.54) is 29.7 Å². The van der Waals surface area contributed by atoms with Crippen molar-refractivity contribution in [2.45, 2.75) is 39.2 Å². The Morgan fingerprint density at radius 2 is 2.07 bits per heavy atom. The number of hydrogen-bond donors (Lipinski definition) is 2. The fraction of sp³-hybridized carbons (Fsp3) is 0.476. The van der Waals surface area contributed by atoms with Crippen LogP contribution in [0.1, 0.15) is 46.8 Å². The van der Waals surface area contributed by atoms with E-state index < -0.39 is 0 Å². The van der Waals surface area contributed by atoms with Gasteiger partial charge >= 0.3 is 0 Å². The number of fused-ring (bicyclic) bond motifs is 1. The molecule has 2 aromatic heterocycles. The van der Waals surface area contributed by atoms with Crippen LogP contribution in [0.3, 0.4) is 0 Å². The Bertz CT molecular complexity index is 994.